The molecule has 0 aliphatic carbocycles. The van der Waals surface area contributed by atoms with E-state index in [1.54, 1.807) is 67.0 Å². The number of ether oxygens (including phenoxy) is 3. The summed E-state index contributed by atoms with van der Waals surface area (Å²) >= 11 is 0. The minimum Gasteiger partial charge on any atom is -0.460 e. The number of nitrogens with two attached hydrogens (primary N) is 3. The summed E-state index contributed by atoms with van der Waals surface area (Å²) in [7, 11) is 0. The molecule has 2 aliphatic rings. The van der Waals surface area contributed by atoms with Gasteiger partial charge in [0.1, 0.15) is 35.7 Å². The molecule has 10 rings (SSSR count). The molecule has 0 unspecified atom stereocenters. The van der Waals surface area contributed by atoms with Crippen molar-refractivity contribution in [2.45, 2.75) is 105 Å². The molecule has 17 nitrogen and oxygen atoms in total. The van der Waals surface area contributed by atoms with Gasteiger partial charge in [0, 0.05) is 48.1 Å². The highest BCUT2D eigenvalue weighted by Crippen LogP contribution is 2.36. The molecule has 2 aromatic heterocycles. The van der Waals surface area contributed by atoms with Crippen molar-refractivity contribution in [3.8, 4) is 22.3 Å². The maximum Gasteiger partial charge on any atom is 0.325 e. The van der Waals surface area contributed by atoms with Crippen LogP contribution in [0, 0.1) is 28.7 Å². The summed E-state index contributed by atoms with van der Waals surface area (Å²) in [5, 5.41) is 0.766. The molecule has 83 heavy (non-hydrogen) atoms. The fourth-order valence-electron chi connectivity index (χ4n) is 9.64. The first-order valence-corrected chi connectivity index (χ1v) is 26.3. The Morgan fingerprint density at radius 3 is 1.27 bits per heavy atom. The number of rotatable bonds is 12. The third-order valence-electron chi connectivity index (χ3n) is 13.8. The first kappa shape index (κ1) is 58.3. The maximum atomic E-state index is 14.6. The van der Waals surface area contributed by atoms with Crippen molar-refractivity contribution < 1.29 is 55.7 Å². The third-order valence-corrected chi connectivity index (χ3v) is 13.8. The lowest BCUT2D eigenvalue weighted by molar-refractivity contribution is -0.166. The van der Waals surface area contributed by atoms with E-state index in [-0.39, 0.29) is 70.4 Å². The maximum absolute atomic E-state index is 14.6. The molecule has 428 valence electrons. The van der Waals surface area contributed by atoms with Crippen molar-refractivity contribution >= 4 is 63.4 Å². The molecule has 0 radical (unpaired) electrons. The monoisotopic (exact) mass is 1130 g/mol. The zero-order valence-corrected chi connectivity index (χ0v) is 46.5. The Hall–Kier alpha value is -9.37. The van der Waals surface area contributed by atoms with Gasteiger partial charge in [-0.2, -0.15) is 0 Å². The molecule has 0 saturated heterocycles. The van der Waals surface area contributed by atoms with Crippen LogP contribution in [-0.2, 0) is 68.0 Å². The Kier molecular flexibility index (Phi) is 16.1. The lowest BCUT2D eigenvalue weighted by atomic mass is 9.89. The van der Waals surface area contributed by atoms with E-state index in [1.807, 2.05) is 48.5 Å². The van der Waals surface area contributed by atoms with Crippen LogP contribution >= 0.6 is 0 Å². The SMILES string of the molecule is CC(C)(C)OC(=O)CC(C)(C)C(=O)OCc1cc(F)c(F)cc1-c1ccc2nc(N)nc(C(=O)N3Cc4ccccc4C3)c2c1.CC(C)(N)C(=O)OCc1cc(F)c(F)cc1-c1ccc2nc(N)nc(C(=O)N3Cc4ccccc4C3)c2c1. The van der Waals surface area contributed by atoms with E-state index < -0.39 is 64.3 Å². The van der Waals surface area contributed by atoms with E-state index in [9.17, 15) is 41.5 Å². The van der Waals surface area contributed by atoms with Gasteiger partial charge < -0.3 is 41.2 Å². The van der Waals surface area contributed by atoms with Crippen LogP contribution in [-0.4, -0.2) is 70.6 Å². The molecule has 0 fully saturated rings. The van der Waals surface area contributed by atoms with Gasteiger partial charge in [0.25, 0.3) is 11.8 Å². The summed E-state index contributed by atoms with van der Waals surface area (Å²) in [6.07, 6.45) is -0.236. The Balaban J connectivity index is 0.000000202. The zero-order valence-electron chi connectivity index (χ0n) is 46.5. The topological polar surface area (TPSA) is 249 Å². The number of amides is 2. The highest BCUT2D eigenvalue weighted by atomic mass is 19.2. The predicted molar refractivity (Wildman–Crippen MR) is 301 cm³/mol. The average molecular weight is 1130 g/mol. The molecular weight excluding hydrogens is 1070 g/mol. The fraction of sp³-hybridized carbons (Fsp3) is 0.274. The van der Waals surface area contributed by atoms with Crippen LogP contribution in [0.5, 0.6) is 0 Å². The van der Waals surface area contributed by atoms with Crippen LogP contribution in [0.25, 0.3) is 44.1 Å². The third kappa shape index (κ3) is 13.0. The molecule has 0 bridgehead atoms. The van der Waals surface area contributed by atoms with Crippen molar-refractivity contribution in [1.82, 2.24) is 29.7 Å². The summed E-state index contributed by atoms with van der Waals surface area (Å²) in [4.78, 5) is 85.1. The minimum atomic E-state index is -1.26. The van der Waals surface area contributed by atoms with E-state index in [4.69, 9.17) is 31.4 Å². The predicted octanol–water partition coefficient (Wildman–Crippen LogP) is 10.2. The van der Waals surface area contributed by atoms with Crippen molar-refractivity contribution in [3.63, 3.8) is 0 Å². The molecule has 21 heteroatoms. The van der Waals surface area contributed by atoms with Crippen LogP contribution in [0.15, 0.2) is 109 Å². The highest BCUT2D eigenvalue weighted by molar-refractivity contribution is 6.07. The number of carbonyl (C=O) groups excluding carboxylic acids is 5. The van der Waals surface area contributed by atoms with Crippen LogP contribution in [0.4, 0.5) is 29.5 Å². The molecule has 0 atom stereocenters. The van der Waals surface area contributed by atoms with Crippen molar-refractivity contribution in [3.05, 3.63) is 177 Å². The number of carbonyl (C=O) groups is 5. The summed E-state index contributed by atoms with van der Waals surface area (Å²) in [5.41, 5.74) is 21.3. The molecule has 6 N–H and O–H groups in total. The standard InChI is InChI=1S/C34H34F2N4O5.C28H25F2N5O3/c1-33(2,3)45-28(41)15-34(4,5)31(43)44-18-22-13-25(35)26(36)14-23(22)19-10-11-27-24(12-19)29(39-32(37)38-27)30(42)40-16-20-8-6-7-9-21(20)17-40;1-28(2,32)26(37)38-14-18-10-21(29)22(30)11-19(18)15-7-8-23-20(9-15)24(34-27(31)33-23)25(36)35-12-16-5-3-4-6-17(16)13-35/h6-14H,15-18H2,1-5H3,(H2,37,38,39);3-11H,12-14,32H2,1-2H3,(H2,31,33,34). The van der Waals surface area contributed by atoms with E-state index in [0.29, 0.717) is 59.1 Å². The lowest BCUT2D eigenvalue weighted by Crippen LogP contribution is -2.42. The van der Waals surface area contributed by atoms with Gasteiger partial charge in [0.05, 0.1) is 22.9 Å². The second-order valence-corrected chi connectivity index (χ2v) is 22.6. The molecule has 2 aliphatic heterocycles. The first-order valence-electron chi connectivity index (χ1n) is 26.3. The van der Waals surface area contributed by atoms with Crippen molar-refractivity contribution in [2.24, 2.45) is 11.1 Å². The van der Waals surface area contributed by atoms with Gasteiger partial charge in [-0.1, -0.05) is 60.7 Å². The Bertz CT molecular complexity index is 3890. The lowest BCUT2D eigenvalue weighted by Gasteiger charge is -2.25. The Morgan fingerprint density at radius 2 is 0.892 bits per heavy atom. The minimum absolute atomic E-state index is 0.0601. The average Bonchev–Trinajstić information content (AvgIpc) is 3.38. The van der Waals surface area contributed by atoms with Crippen LogP contribution < -0.4 is 17.2 Å². The van der Waals surface area contributed by atoms with Gasteiger partial charge >= 0.3 is 17.9 Å². The van der Waals surface area contributed by atoms with E-state index >= 15 is 0 Å². The van der Waals surface area contributed by atoms with Crippen molar-refractivity contribution in [1.29, 1.82) is 0 Å². The fourth-order valence-corrected chi connectivity index (χ4v) is 9.64. The molecule has 0 spiro atoms. The van der Waals surface area contributed by atoms with Gasteiger partial charge in [0.15, 0.2) is 23.3 Å². The van der Waals surface area contributed by atoms with Gasteiger partial charge in [0.2, 0.25) is 11.9 Å². The molecule has 8 aromatic rings. The van der Waals surface area contributed by atoms with Crippen LogP contribution in [0.1, 0.15) is 109 Å². The zero-order chi connectivity index (χ0) is 59.9. The van der Waals surface area contributed by atoms with Gasteiger partial charge in [-0.15, -0.1) is 0 Å². The van der Waals surface area contributed by atoms with E-state index in [0.717, 1.165) is 46.5 Å². The highest BCUT2D eigenvalue weighted by Gasteiger charge is 2.35. The first-order chi connectivity index (χ1) is 39.1. The quantitative estimate of drug-likeness (QED) is 0.0585. The number of nitrogens with zero attached hydrogens (tertiary/aromatic N) is 6. The largest absolute Gasteiger partial charge is 0.460 e. The van der Waals surface area contributed by atoms with Crippen molar-refractivity contribution in [2.75, 3.05) is 11.5 Å². The normalized spacial score (nSPS) is 13.1. The number of benzene rings is 6. The molecule has 2 amide bonds. The van der Waals surface area contributed by atoms with Gasteiger partial charge in [-0.05, 0) is 142 Å². The van der Waals surface area contributed by atoms with E-state index in [2.05, 4.69) is 19.9 Å². The number of hydrogen-bond donors (Lipinski definition) is 3. The Morgan fingerprint density at radius 1 is 0.518 bits per heavy atom. The summed E-state index contributed by atoms with van der Waals surface area (Å²) in [6, 6.07) is 29.2. The molecule has 6 aromatic carbocycles. The van der Waals surface area contributed by atoms with Gasteiger partial charge in [-0.3, -0.25) is 24.0 Å². The second kappa shape index (κ2) is 22.9. The van der Waals surface area contributed by atoms with Crippen LogP contribution in [0.2, 0.25) is 0 Å². The summed E-state index contributed by atoms with van der Waals surface area (Å²) in [6.45, 7) is 12.1. The summed E-state index contributed by atoms with van der Waals surface area (Å²) in [5.74, 6) is -7.20. The molecule has 0 saturated carbocycles. The molecule has 4 heterocycles. The van der Waals surface area contributed by atoms with E-state index in [1.165, 1.54) is 27.7 Å². The number of fused-ring (bicyclic) bond motifs is 4. The van der Waals surface area contributed by atoms with Crippen LogP contribution in [0.3, 0.4) is 0 Å². The number of hydrogen-bond acceptors (Lipinski definition) is 15. The second-order valence-electron chi connectivity index (χ2n) is 22.6. The number of halogens is 4. The number of esters is 3. The number of anilines is 2. The number of nitrogen functional groups attached to an aromatic ring is 2. The number of aromatic nitrogens is 4. The Labute approximate surface area is 474 Å². The smallest absolute Gasteiger partial charge is 0.325 e. The summed E-state index contributed by atoms with van der Waals surface area (Å²) < 4.78 is 73.6. The molecular formula is C62H59F4N9O8. The van der Waals surface area contributed by atoms with Gasteiger partial charge in [-0.25, -0.2) is 37.5 Å².